The lowest BCUT2D eigenvalue weighted by molar-refractivity contribution is 0.640. The molecule has 1 atom stereocenters. The molecule has 0 aliphatic heterocycles. The Morgan fingerprint density at radius 3 is 1.71 bits per heavy atom. The lowest BCUT2D eigenvalue weighted by Crippen LogP contribution is -2.40. The molecule has 0 amide bonds. The van der Waals surface area contributed by atoms with E-state index in [9.17, 15) is 4.21 Å². The van der Waals surface area contributed by atoms with Crippen molar-refractivity contribution >= 4 is 11.0 Å². The Hall–Kier alpha value is 0.0700. The molecule has 3 nitrogen and oxygen atoms in total. The quantitative estimate of drug-likeness (QED) is 0.483. The Balaban J connectivity index is 3.79. The highest BCUT2D eigenvalue weighted by atomic mass is 32.2. The molecule has 0 aliphatic rings. The monoisotopic (exact) mass is 122 g/mol. The predicted octanol–water partition coefficient (Wildman–Crippen LogP) is -0.696. The van der Waals surface area contributed by atoms with E-state index in [0.29, 0.717) is 0 Å². The fourth-order valence-electron chi connectivity index (χ4n) is 0. The van der Waals surface area contributed by atoms with Gasteiger partial charge in [0.25, 0.3) is 0 Å². The lowest BCUT2D eigenvalue weighted by Gasteiger charge is -2.12. The molecule has 44 valence electrons. The minimum atomic E-state index is -1.41. The van der Waals surface area contributed by atoms with Gasteiger partial charge in [0.1, 0.15) is 15.9 Å². The van der Waals surface area contributed by atoms with E-state index in [0.717, 1.165) is 0 Å². The van der Waals surface area contributed by atoms with Crippen molar-refractivity contribution in [3.05, 3.63) is 0 Å². The average Bonchev–Trinajstić information content (AvgIpc) is 1.31. The van der Waals surface area contributed by atoms with Crippen molar-refractivity contribution in [1.29, 1.82) is 0 Å². The van der Waals surface area contributed by atoms with Gasteiger partial charge in [-0.15, -0.1) is 0 Å². The SMILES string of the molecule is CC(C)(N)[S@@](N)=O. The van der Waals surface area contributed by atoms with Crippen LogP contribution in [0, 0.1) is 0 Å². The van der Waals surface area contributed by atoms with Crippen molar-refractivity contribution in [1.82, 2.24) is 0 Å². The van der Waals surface area contributed by atoms with Crippen molar-refractivity contribution in [2.75, 3.05) is 0 Å². The second-order valence-electron chi connectivity index (χ2n) is 1.90. The molecule has 0 fully saturated rings. The molecule has 7 heavy (non-hydrogen) atoms. The smallest absolute Gasteiger partial charge is 0.109 e. The van der Waals surface area contributed by atoms with Gasteiger partial charge in [-0.2, -0.15) is 0 Å². The molecule has 0 aromatic heterocycles. The second kappa shape index (κ2) is 1.90. The van der Waals surface area contributed by atoms with Crippen LogP contribution in [0.5, 0.6) is 0 Å². The predicted molar refractivity (Wildman–Crippen MR) is 30.6 cm³/mol. The summed E-state index contributed by atoms with van der Waals surface area (Å²) in [6.07, 6.45) is 0. The second-order valence-corrected chi connectivity index (χ2v) is 3.55. The molecule has 0 aromatic carbocycles. The fraction of sp³-hybridized carbons (Fsp3) is 1.00. The summed E-state index contributed by atoms with van der Waals surface area (Å²) < 4.78 is 10.2. The molecule has 0 rings (SSSR count). The molecule has 0 radical (unpaired) electrons. The maximum atomic E-state index is 10.2. The van der Waals surface area contributed by atoms with E-state index in [-0.39, 0.29) is 0 Å². The first kappa shape index (κ1) is 7.07. The first-order valence-electron chi connectivity index (χ1n) is 1.90. The number of hydrogen-bond donors (Lipinski definition) is 2. The normalized spacial score (nSPS) is 16.6. The van der Waals surface area contributed by atoms with Crippen LogP contribution in [0.25, 0.3) is 0 Å². The Kier molecular flexibility index (Phi) is 1.92. The number of nitrogens with two attached hydrogens (primary N) is 2. The molecule has 0 saturated heterocycles. The highest BCUT2D eigenvalue weighted by Crippen LogP contribution is 1.95. The van der Waals surface area contributed by atoms with Crippen LogP contribution >= 0.6 is 0 Å². The van der Waals surface area contributed by atoms with Gasteiger partial charge in [-0.05, 0) is 13.8 Å². The summed E-state index contributed by atoms with van der Waals surface area (Å²) in [5, 5.41) is 4.92. The van der Waals surface area contributed by atoms with Gasteiger partial charge < -0.3 is 5.73 Å². The van der Waals surface area contributed by atoms with Crippen LogP contribution in [0.1, 0.15) is 13.8 Å². The Bertz CT molecular complexity index is 85.4. The molecule has 0 unspecified atom stereocenters. The lowest BCUT2D eigenvalue weighted by atomic mass is 10.4. The summed E-state index contributed by atoms with van der Waals surface area (Å²) in [6, 6.07) is 0. The van der Waals surface area contributed by atoms with Crippen molar-refractivity contribution in [3.8, 4) is 0 Å². The van der Waals surface area contributed by atoms with Gasteiger partial charge in [0.05, 0.1) is 0 Å². The zero-order valence-electron chi connectivity index (χ0n) is 4.47. The van der Waals surface area contributed by atoms with Crippen LogP contribution in [0.15, 0.2) is 0 Å². The van der Waals surface area contributed by atoms with Crippen LogP contribution in [0.4, 0.5) is 0 Å². The Labute approximate surface area is 45.7 Å². The largest absolute Gasteiger partial charge is 0.314 e. The maximum Gasteiger partial charge on any atom is 0.109 e. The summed E-state index contributed by atoms with van der Waals surface area (Å²) in [5.41, 5.74) is 5.25. The third kappa shape index (κ3) is 2.73. The van der Waals surface area contributed by atoms with Gasteiger partial charge in [-0.1, -0.05) is 0 Å². The molecule has 0 bridgehead atoms. The first-order valence-corrected chi connectivity index (χ1v) is 3.11. The Morgan fingerprint density at radius 2 is 1.71 bits per heavy atom. The zero-order chi connectivity index (χ0) is 6.08. The summed E-state index contributed by atoms with van der Waals surface area (Å²) >= 11 is 0. The molecule has 4 heteroatoms. The van der Waals surface area contributed by atoms with Gasteiger partial charge in [0.2, 0.25) is 0 Å². The maximum absolute atomic E-state index is 10.2. The van der Waals surface area contributed by atoms with Crippen LogP contribution in [0.2, 0.25) is 0 Å². The van der Waals surface area contributed by atoms with Gasteiger partial charge in [0.15, 0.2) is 0 Å². The Morgan fingerprint density at radius 1 is 1.57 bits per heavy atom. The summed E-state index contributed by atoms with van der Waals surface area (Å²) in [6.45, 7) is 3.23. The van der Waals surface area contributed by atoms with Crippen molar-refractivity contribution < 1.29 is 4.21 Å². The van der Waals surface area contributed by atoms with Gasteiger partial charge in [0, 0.05) is 0 Å². The van der Waals surface area contributed by atoms with Crippen LogP contribution < -0.4 is 10.9 Å². The van der Waals surface area contributed by atoms with E-state index < -0.39 is 15.9 Å². The van der Waals surface area contributed by atoms with Crippen molar-refractivity contribution in [3.63, 3.8) is 0 Å². The van der Waals surface area contributed by atoms with Gasteiger partial charge in [-0.3, -0.25) is 5.14 Å². The third-order valence-electron chi connectivity index (χ3n) is 0.519. The highest BCUT2D eigenvalue weighted by molar-refractivity contribution is 7.84. The van der Waals surface area contributed by atoms with E-state index >= 15 is 0 Å². The summed E-state index contributed by atoms with van der Waals surface area (Å²) in [7, 11) is -1.41. The third-order valence-corrected chi connectivity index (χ3v) is 1.56. The van der Waals surface area contributed by atoms with E-state index in [1.165, 1.54) is 0 Å². The average molecular weight is 122 g/mol. The van der Waals surface area contributed by atoms with Crippen molar-refractivity contribution in [2.45, 2.75) is 18.7 Å². The highest BCUT2D eigenvalue weighted by Gasteiger charge is 2.14. The molecule has 0 aliphatic carbocycles. The molecule has 0 aromatic rings. The van der Waals surface area contributed by atoms with E-state index in [1.54, 1.807) is 13.8 Å². The minimum absolute atomic E-state index is 0.750. The topological polar surface area (TPSA) is 69.1 Å². The minimum Gasteiger partial charge on any atom is -0.314 e. The van der Waals surface area contributed by atoms with Crippen LogP contribution in [-0.2, 0) is 11.0 Å². The van der Waals surface area contributed by atoms with Crippen LogP contribution in [-0.4, -0.2) is 9.08 Å². The van der Waals surface area contributed by atoms with E-state index in [4.69, 9.17) is 10.9 Å². The molecule has 4 N–H and O–H groups in total. The molecular weight excluding hydrogens is 112 g/mol. The zero-order valence-corrected chi connectivity index (χ0v) is 5.29. The molecular formula is C3H10N2OS. The summed E-state index contributed by atoms with van der Waals surface area (Å²) in [5.74, 6) is 0. The number of rotatable bonds is 1. The van der Waals surface area contributed by atoms with E-state index in [2.05, 4.69) is 0 Å². The summed E-state index contributed by atoms with van der Waals surface area (Å²) in [4.78, 5) is -0.750. The molecule has 0 heterocycles. The molecule has 0 spiro atoms. The fourth-order valence-corrected chi connectivity index (χ4v) is 0. The van der Waals surface area contributed by atoms with Gasteiger partial charge >= 0.3 is 0 Å². The molecule has 0 saturated carbocycles. The van der Waals surface area contributed by atoms with E-state index in [1.807, 2.05) is 0 Å². The standard InChI is InChI=1S/C3H10N2OS/c1-3(2,4)7(5)6/h4-5H2,1-2H3/t7-/m0/s1. The van der Waals surface area contributed by atoms with Gasteiger partial charge in [-0.25, -0.2) is 4.21 Å². The number of hydrogen-bond acceptors (Lipinski definition) is 2. The van der Waals surface area contributed by atoms with Crippen molar-refractivity contribution in [2.24, 2.45) is 10.9 Å². The first-order chi connectivity index (χ1) is 2.94. The van der Waals surface area contributed by atoms with Crippen LogP contribution in [0.3, 0.4) is 0 Å².